The highest BCUT2D eigenvalue weighted by atomic mass is 16.3. The Bertz CT molecular complexity index is 842. The number of hydrogen-bond acceptors (Lipinski definition) is 4. The van der Waals surface area contributed by atoms with Gasteiger partial charge in [0.05, 0.1) is 6.61 Å². The normalized spacial score (nSPS) is 14.1. The van der Waals surface area contributed by atoms with E-state index in [2.05, 4.69) is 71.3 Å². The van der Waals surface area contributed by atoms with Crippen molar-refractivity contribution in [3.05, 3.63) is 108 Å². The summed E-state index contributed by atoms with van der Waals surface area (Å²) in [6.07, 6.45) is 2.57. The van der Waals surface area contributed by atoms with Crippen LogP contribution in [0.15, 0.2) is 91.0 Å². The van der Waals surface area contributed by atoms with Crippen LogP contribution in [0.3, 0.4) is 0 Å². The van der Waals surface area contributed by atoms with Crippen LogP contribution in [0.25, 0.3) is 0 Å². The largest absolute Gasteiger partial charge is 0.395 e. The van der Waals surface area contributed by atoms with Gasteiger partial charge in [-0.1, -0.05) is 91.0 Å². The van der Waals surface area contributed by atoms with Crippen LogP contribution in [-0.2, 0) is 19.3 Å². The van der Waals surface area contributed by atoms with Crippen LogP contribution in [0, 0.1) is 0 Å². The number of nitrogens with two attached hydrogens (primary N) is 1. The second-order valence-electron chi connectivity index (χ2n) is 8.22. The van der Waals surface area contributed by atoms with E-state index in [9.17, 15) is 5.11 Å². The van der Waals surface area contributed by atoms with Gasteiger partial charge in [-0.25, -0.2) is 0 Å². The predicted molar refractivity (Wildman–Crippen MR) is 129 cm³/mol. The van der Waals surface area contributed by atoms with Gasteiger partial charge in [0, 0.05) is 31.2 Å². The van der Waals surface area contributed by atoms with E-state index in [-0.39, 0.29) is 24.7 Å². The van der Waals surface area contributed by atoms with Crippen LogP contribution in [0.1, 0.15) is 16.7 Å². The molecule has 164 valence electrons. The Morgan fingerprint density at radius 2 is 1.00 bits per heavy atom. The van der Waals surface area contributed by atoms with Gasteiger partial charge in [-0.3, -0.25) is 0 Å². The first-order valence-electron chi connectivity index (χ1n) is 11.2. The minimum absolute atomic E-state index is 0.0282. The average molecular weight is 418 g/mol. The summed E-state index contributed by atoms with van der Waals surface area (Å²) in [5, 5.41) is 17.1. The molecule has 4 heteroatoms. The molecule has 4 nitrogen and oxygen atoms in total. The summed E-state index contributed by atoms with van der Waals surface area (Å²) in [4.78, 5) is 0. The molecule has 0 amide bonds. The summed E-state index contributed by atoms with van der Waals surface area (Å²) >= 11 is 0. The van der Waals surface area contributed by atoms with Crippen LogP contribution in [0.2, 0.25) is 0 Å². The Hall–Kier alpha value is -2.50. The smallest absolute Gasteiger partial charge is 0.0587 e. The van der Waals surface area contributed by atoms with Gasteiger partial charge in [0.1, 0.15) is 0 Å². The number of aliphatic hydroxyl groups excluding tert-OH is 1. The average Bonchev–Trinajstić information content (AvgIpc) is 2.82. The van der Waals surface area contributed by atoms with Crippen LogP contribution in [-0.4, -0.2) is 42.9 Å². The summed E-state index contributed by atoms with van der Waals surface area (Å²) in [5.41, 5.74) is 10.2. The lowest BCUT2D eigenvalue weighted by Gasteiger charge is -2.25. The molecule has 0 aliphatic carbocycles. The van der Waals surface area contributed by atoms with E-state index in [1.54, 1.807) is 0 Å². The Morgan fingerprint density at radius 3 is 1.48 bits per heavy atom. The van der Waals surface area contributed by atoms with Gasteiger partial charge in [-0.05, 0) is 36.0 Å². The Balaban J connectivity index is 1.55. The minimum atomic E-state index is 0.0282. The molecule has 0 spiro atoms. The second kappa shape index (κ2) is 13.0. The fourth-order valence-electron chi connectivity index (χ4n) is 3.83. The summed E-state index contributed by atoms with van der Waals surface area (Å²) in [6.45, 7) is 1.63. The van der Waals surface area contributed by atoms with E-state index < -0.39 is 0 Å². The van der Waals surface area contributed by atoms with E-state index in [4.69, 9.17) is 5.73 Å². The molecule has 0 saturated carbocycles. The van der Waals surface area contributed by atoms with Crippen molar-refractivity contribution in [2.75, 3.05) is 19.7 Å². The molecule has 3 rings (SSSR count). The quantitative estimate of drug-likeness (QED) is 0.345. The maximum atomic E-state index is 9.87. The molecule has 0 aromatic heterocycles. The number of hydrogen-bond donors (Lipinski definition) is 4. The van der Waals surface area contributed by atoms with Gasteiger partial charge in [-0.15, -0.1) is 0 Å². The lowest BCUT2D eigenvalue weighted by Crippen LogP contribution is -2.49. The highest BCUT2D eigenvalue weighted by Crippen LogP contribution is 2.07. The summed E-state index contributed by atoms with van der Waals surface area (Å²) in [5.74, 6) is 0. The van der Waals surface area contributed by atoms with Gasteiger partial charge < -0.3 is 21.5 Å². The first-order valence-corrected chi connectivity index (χ1v) is 11.2. The molecule has 0 aliphatic rings. The molecule has 5 N–H and O–H groups in total. The van der Waals surface area contributed by atoms with Crippen molar-refractivity contribution in [1.82, 2.24) is 10.6 Å². The molecule has 0 bridgehead atoms. The number of benzene rings is 3. The highest BCUT2D eigenvalue weighted by Gasteiger charge is 2.15. The van der Waals surface area contributed by atoms with Crippen molar-refractivity contribution in [2.24, 2.45) is 5.73 Å². The van der Waals surface area contributed by atoms with Crippen molar-refractivity contribution >= 4 is 0 Å². The highest BCUT2D eigenvalue weighted by molar-refractivity contribution is 5.18. The van der Waals surface area contributed by atoms with Crippen molar-refractivity contribution in [2.45, 2.75) is 37.4 Å². The summed E-state index contributed by atoms with van der Waals surface area (Å²) in [6, 6.07) is 31.5. The maximum Gasteiger partial charge on any atom is 0.0587 e. The van der Waals surface area contributed by atoms with Crippen molar-refractivity contribution in [3.8, 4) is 0 Å². The third-order valence-corrected chi connectivity index (χ3v) is 5.53. The van der Waals surface area contributed by atoms with E-state index in [0.29, 0.717) is 0 Å². The number of nitrogens with one attached hydrogen (secondary N) is 2. The fourth-order valence-corrected chi connectivity index (χ4v) is 3.83. The van der Waals surface area contributed by atoms with Gasteiger partial charge in [-0.2, -0.15) is 0 Å². The van der Waals surface area contributed by atoms with Crippen LogP contribution in [0.4, 0.5) is 0 Å². The topological polar surface area (TPSA) is 70.3 Å². The molecule has 0 fully saturated rings. The monoisotopic (exact) mass is 417 g/mol. The van der Waals surface area contributed by atoms with Crippen molar-refractivity contribution < 1.29 is 5.11 Å². The molecule has 31 heavy (non-hydrogen) atoms. The number of rotatable bonds is 13. The van der Waals surface area contributed by atoms with Crippen LogP contribution < -0.4 is 16.4 Å². The van der Waals surface area contributed by atoms with Crippen molar-refractivity contribution in [3.63, 3.8) is 0 Å². The fraction of sp³-hybridized carbons (Fsp3) is 0.333. The Kier molecular flexibility index (Phi) is 9.74. The molecule has 0 aliphatic heterocycles. The van der Waals surface area contributed by atoms with Crippen LogP contribution >= 0.6 is 0 Å². The lowest BCUT2D eigenvalue weighted by atomic mass is 10.0. The molecular weight excluding hydrogens is 382 g/mol. The predicted octanol–water partition coefficient (Wildman–Crippen LogP) is 2.95. The molecule has 0 radical (unpaired) electrons. The van der Waals surface area contributed by atoms with Gasteiger partial charge in [0.2, 0.25) is 0 Å². The Morgan fingerprint density at radius 1 is 0.581 bits per heavy atom. The van der Waals surface area contributed by atoms with E-state index in [1.165, 1.54) is 16.7 Å². The third kappa shape index (κ3) is 8.64. The van der Waals surface area contributed by atoms with E-state index >= 15 is 0 Å². The molecular formula is C27H35N3O. The molecule has 0 heterocycles. The van der Waals surface area contributed by atoms with E-state index in [1.807, 2.05) is 30.3 Å². The van der Waals surface area contributed by atoms with Gasteiger partial charge in [0.15, 0.2) is 0 Å². The Labute approximate surface area is 186 Å². The first kappa shape index (κ1) is 23.2. The third-order valence-electron chi connectivity index (χ3n) is 5.53. The lowest BCUT2D eigenvalue weighted by molar-refractivity contribution is 0.237. The standard InChI is InChI=1S/C27H35N3O/c28-25(16-22-10-4-1-5-11-22)19-29-26(17-23-12-6-2-7-13-23)20-30-27(21-31)18-24-14-8-3-9-15-24/h1-15,25-27,29-31H,16-21,28H2. The van der Waals surface area contributed by atoms with E-state index in [0.717, 1.165) is 32.4 Å². The molecule has 3 atom stereocenters. The first-order chi connectivity index (χ1) is 15.2. The molecule has 3 aromatic rings. The number of aliphatic hydroxyl groups is 1. The van der Waals surface area contributed by atoms with Gasteiger partial charge >= 0.3 is 0 Å². The maximum absolute atomic E-state index is 9.87. The van der Waals surface area contributed by atoms with Crippen molar-refractivity contribution in [1.29, 1.82) is 0 Å². The summed E-state index contributed by atoms with van der Waals surface area (Å²) in [7, 11) is 0. The molecule has 3 unspecified atom stereocenters. The SMILES string of the molecule is NC(CNC(CNC(CO)Cc1ccccc1)Cc1ccccc1)Cc1ccccc1. The second-order valence-corrected chi connectivity index (χ2v) is 8.22. The zero-order chi connectivity index (χ0) is 21.7. The zero-order valence-corrected chi connectivity index (χ0v) is 18.2. The zero-order valence-electron chi connectivity index (χ0n) is 18.2. The van der Waals surface area contributed by atoms with Gasteiger partial charge in [0.25, 0.3) is 0 Å². The van der Waals surface area contributed by atoms with Crippen LogP contribution in [0.5, 0.6) is 0 Å². The summed E-state index contributed by atoms with van der Waals surface area (Å²) < 4.78 is 0. The molecule has 0 saturated heterocycles. The minimum Gasteiger partial charge on any atom is -0.395 e. The molecule has 3 aromatic carbocycles.